The quantitative estimate of drug-likeness (QED) is 0.198. The van der Waals surface area contributed by atoms with E-state index in [0.29, 0.717) is 0 Å². The van der Waals surface area contributed by atoms with Gasteiger partial charge in [0.25, 0.3) is 0 Å². The Morgan fingerprint density at radius 1 is 0.537 bits per heavy atom. The molecule has 0 spiro atoms. The van der Waals surface area contributed by atoms with Crippen molar-refractivity contribution in [3.63, 3.8) is 0 Å². The second kappa shape index (κ2) is 11.3. The molecule has 0 aliphatic carbocycles. The zero-order chi connectivity index (χ0) is 35.3. The summed E-state index contributed by atoms with van der Waals surface area (Å²) in [7, 11) is 0. The van der Waals surface area contributed by atoms with Crippen molar-refractivity contribution >= 4 is 71.3 Å². The van der Waals surface area contributed by atoms with E-state index in [2.05, 4.69) is 180 Å². The van der Waals surface area contributed by atoms with Gasteiger partial charge in [-0.1, -0.05) is 115 Å². The van der Waals surface area contributed by atoms with Crippen molar-refractivity contribution < 1.29 is 9.47 Å². The molecule has 5 heteroatoms. The molecule has 3 aliphatic rings. The SMILES string of the molecule is C1=C(c2ccccc2)c2sc3ccccc3c2NC1c1cccc(-c2ccc3c4c2Oc2cc5ccccc5cc2N4c2cc4ccccc4cc2O3)c1. The first-order valence-corrected chi connectivity index (χ1v) is 19.1. The molecular weight excluding hydrogens is 681 g/mol. The zero-order valence-corrected chi connectivity index (χ0v) is 29.7. The number of benzene rings is 8. The topological polar surface area (TPSA) is 33.7 Å². The predicted octanol–water partition coefficient (Wildman–Crippen LogP) is 14.2. The summed E-state index contributed by atoms with van der Waals surface area (Å²) in [4.78, 5) is 3.62. The molecule has 254 valence electrons. The van der Waals surface area contributed by atoms with Crippen molar-refractivity contribution in [3.05, 3.63) is 186 Å². The Bertz CT molecular complexity index is 3030. The lowest BCUT2D eigenvalue weighted by Crippen LogP contribution is -2.20. The number of fused-ring (bicyclic) bond motifs is 9. The minimum Gasteiger partial charge on any atom is -0.453 e. The molecule has 0 saturated heterocycles. The number of hydrogen-bond acceptors (Lipinski definition) is 5. The van der Waals surface area contributed by atoms with Crippen LogP contribution in [0.2, 0.25) is 0 Å². The summed E-state index contributed by atoms with van der Waals surface area (Å²) in [6.07, 6.45) is 2.39. The smallest absolute Gasteiger partial charge is 0.163 e. The van der Waals surface area contributed by atoms with E-state index in [9.17, 15) is 0 Å². The minimum absolute atomic E-state index is 0.0346. The summed E-state index contributed by atoms with van der Waals surface area (Å²) in [5.41, 5.74) is 9.86. The molecule has 4 heterocycles. The van der Waals surface area contributed by atoms with E-state index in [1.54, 1.807) is 0 Å². The first-order chi connectivity index (χ1) is 26.7. The Kier molecular flexibility index (Phi) is 6.24. The van der Waals surface area contributed by atoms with Gasteiger partial charge in [-0.15, -0.1) is 11.3 Å². The third-order valence-electron chi connectivity index (χ3n) is 11.0. The van der Waals surface area contributed by atoms with E-state index in [4.69, 9.17) is 9.47 Å². The van der Waals surface area contributed by atoms with Crippen LogP contribution in [0.15, 0.2) is 170 Å². The molecule has 9 aromatic rings. The number of ether oxygens (including phenoxy) is 2. The molecule has 8 aromatic carbocycles. The molecule has 1 unspecified atom stereocenters. The Balaban J connectivity index is 1.03. The van der Waals surface area contributed by atoms with E-state index < -0.39 is 0 Å². The van der Waals surface area contributed by atoms with E-state index in [1.807, 2.05) is 11.3 Å². The number of anilines is 4. The van der Waals surface area contributed by atoms with Gasteiger partial charge < -0.3 is 14.8 Å². The Morgan fingerprint density at radius 2 is 1.19 bits per heavy atom. The average molecular weight is 711 g/mol. The maximum absolute atomic E-state index is 7.02. The second-order valence-electron chi connectivity index (χ2n) is 14.2. The lowest BCUT2D eigenvalue weighted by Gasteiger charge is -2.39. The molecule has 0 radical (unpaired) electrons. The van der Waals surface area contributed by atoms with Gasteiger partial charge in [0, 0.05) is 15.6 Å². The average Bonchev–Trinajstić information content (AvgIpc) is 3.61. The van der Waals surface area contributed by atoms with Gasteiger partial charge in [-0.25, -0.2) is 0 Å². The summed E-state index contributed by atoms with van der Waals surface area (Å²) < 4.78 is 15.0. The van der Waals surface area contributed by atoms with Crippen molar-refractivity contribution in [1.29, 1.82) is 0 Å². The molecule has 1 aromatic heterocycles. The number of rotatable bonds is 3. The summed E-state index contributed by atoms with van der Waals surface area (Å²) in [6, 6.07) is 58.3. The van der Waals surface area contributed by atoms with Crippen LogP contribution in [0.4, 0.5) is 22.7 Å². The largest absolute Gasteiger partial charge is 0.453 e. The van der Waals surface area contributed by atoms with Crippen LogP contribution in [0.3, 0.4) is 0 Å². The lowest BCUT2D eigenvalue weighted by atomic mass is 9.91. The van der Waals surface area contributed by atoms with Crippen LogP contribution in [0.1, 0.15) is 22.0 Å². The van der Waals surface area contributed by atoms with Gasteiger partial charge in [0.05, 0.1) is 28.0 Å². The summed E-state index contributed by atoms with van der Waals surface area (Å²) >= 11 is 1.85. The molecule has 0 bridgehead atoms. The highest BCUT2D eigenvalue weighted by molar-refractivity contribution is 7.21. The molecular formula is C49H30N2O2S. The summed E-state index contributed by atoms with van der Waals surface area (Å²) in [5, 5.41) is 9.79. The van der Waals surface area contributed by atoms with Crippen LogP contribution in [0, 0.1) is 0 Å². The van der Waals surface area contributed by atoms with E-state index >= 15 is 0 Å². The molecule has 4 nitrogen and oxygen atoms in total. The van der Waals surface area contributed by atoms with Gasteiger partial charge in [-0.05, 0) is 98.4 Å². The predicted molar refractivity (Wildman–Crippen MR) is 223 cm³/mol. The van der Waals surface area contributed by atoms with Crippen molar-refractivity contribution in [2.75, 3.05) is 10.2 Å². The normalized spacial score (nSPS) is 15.0. The Labute approximate surface area is 315 Å². The van der Waals surface area contributed by atoms with Crippen LogP contribution < -0.4 is 19.7 Å². The molecule has 0 fully saturated rings. The van der Waals surface area contributed by atoms with Crippen molar-refractivity contribution in [1.82, 2.24) is 0 Å². The molecule has 0 saturated carbocycles. The Morgan fingerprint density at radius 3 is 1.94 bits per heavy atom. The number of thiophene rings is 1. The van der Waals surface area contributed by atoms with Crippen molar-refractivity contribution in [2.24, 2.45) is 0 Å². The van der Waals surface area contributed by atoms with Crippen LogP contribution in [-0.4, -0.2) is 0 Å². The van der Waals surface area contributed by atoms with Crippen LogP contribution >= 0.6 is 11.3 Å². The van der Waals surface area contributed by atoms with E-state index in [0.717, 1.165) is 72.7 Å². The fourth-order valence-electron chi connectivity index (χ4n) is 8.45. The zero-order valence-electron chi connectivity index (χ0n) is 28.9. The van der Waals surface area contributed by atoms with Gasteiger partial charge in [0.1, 0.15) is 5.69 Å². The monoisotopic (exact) mass is 710 g/mol. The number of nitrogens with one attached hydrogen (secondary N) is 1. The fraction of sp³-hybridized carbons (Fsp3) is 0.0204. The highest BCUT2D eigenvalue weighted by atomic mass is 32.1. The number of nitrogens with zero attached hydrogens (tertiary/aromatic N) is 1. The van der Waals surface area contributed by atoms with Crippen molar-refractivity contribution in [3.8, 4) is 34.1 Å². The second-order valence-corrected chi connectivity index (χ2v) is 15.2. The third-order valence-corrected chi connectivity index (χ3v) is 12.2. The molecule has 0 amide bonds. The summed E-state index contributed by atoms with van der Waals surface area (Å²) in [5.74, 6) is 3.20. The standard InChI is InChI=1S/C49H30N2O2S/c1-2-11-29(12-3-1)38-28-39(50-46-37-19-8-9-20-45(37)54-49(38)46)35-18-10-17-34(23-35)36-21-22-42-47-48(36)53-44-27-33-16-7-5-14-31(33)25-41(44)51(47)40-24-30-13-4-6-15-32(30)26-43(40)52-42/h1-28,39,50H. The van der Waals surface area contributed by atoms with Crippen LogP contribution in [-0.2, 0) is 0 Å². The van der Waals surface area contributed by atoms with Crippen molar-refractivity contribution in [2.45, 2.75) is 6.04 Å². The van der Waals surface area contributed by atoms with Gasteiger partial charge >= 0.3 is 0 Å². The molecule has 54 heavy (non-hydrogen) atoms. The lowest BCUT2D eigenvalue weighted by molar-refractivity contribution is 0.448. The minimum atomic E-state index is -0.0346. The van der Waals surface area contributed by atoms with E-state index in [1.165, 1.54) is 37.4 Å². The fourth-order valence-corrected chi connectivity index (χ4v) is 9.66. The highest BCUT2D eigenvalue weighted by Gasteiger charge is 2.37. The summed E-state index contributed by atoms with van der Waals surface area (Å²) in [6.45, 7) is 0. The molecule has 3 aliphatic heterocycles. The highest BCUT2D eigenvalue weighted by Crippen LogP contribution is 2.62. The first kappa shape index (κ1) is 29.7. The van der Waals surface area contributed by atoms with Gasteiger partial charge in [0.15, 0.2) is 23.0 Å². The first-order valence-electron chi connectivity index (χ1n) is 18.3. The third kappa shape index (κ3) is 4.42. The van der Waals surface area contributed by atoms with E-state index in [-0.39, 0.29) is 6.04 Å². The van der Waals surface area contributed by atoms with Gasteiger partial charge in [0.2, 0.25) is 0 Å². The van der Waals surface area contributed by atoms with Crippen LogP contribution in [0.5, 0.6) is 23.0 Å². The molecule has 1 N–H and O–H groups in total. The Hall–Kier alpha value is -6.82. The molecule has 1 atom stereocenters. The molecule has 12 rings (SSSR count). The maximum atomic E-state index is 7.02. The maximum Gasteiger partial charge on any atom is 0.163 e. The van der Waals surface area contributed by atoms with Crippen LogP contribution in [0.25, 0.3) is 48.3 Å². The van der Waals surface area contributed by atoms with Gasteiger partial charge in [-0.3, -0.25) is 4.90 Å². The van der Waals surface area contributed by atoms with Gasteiger partial charge in [-0.2, -0.15) is 0 Å². The number of hydrogen-bond donors (Lipinski definition) is 1.